The molecule has 2 nitrogen and oxygen atoms in total. The van der Waals surface area contributed by atoms with E-state index in [0.717, 1.165) is 16.3 Å². The van der Waals surface area contributed by atoms with Crippen molar-refractivity contribution < 1.29 is 5.11 Å². The Morgan fingerprint density at radius 1 is 1.43 bits per heavy atom. The van der Waals surface area contributed by atoms with Crippen LogP contribution in [0.25, 0.3) is 0 Å². The van der Waals surface area contributed by atoms with Crippen molar-refractivity contribution in [3.05, 3.63) is 23.9 Å². The van der Waals surface area contributed by atoms with Crippen molar-refractivity contribution >= 4 is 11.8 Å². The molecule has 0 spiro atoms. The zero-order valence-corrected chi connectivity index (χ0v) is 9.71. The third-order valence-electron chi connectivity index (χ3n) is 1.81. The molecule has 1 aromatic rings. The molecular formula is C11H17NOS. The van der Waals surface area contributed by atoms with Gasteiger partial charge >= 0.3 is 0 Å². The Kier molecular flexibility index (Phi) is 4.42. The molecule has 0 aliphatic carbocycles. The van der Waals surface area contributed by atoms with Crippen molar-refractivity contribution in [2.45, 2.75) is 31.9 Å². The quantitative estimate of drug-likeness (QED) is 0.777. The first-order valence-corrected chi connectivity index (χ1v) is 5.85. The normalized spacial score (nSPS) is 13.2. The Morgan fingerprint density at radius 3 is 2.71 bits per heavy atom. The summed E-state index contributed by atoms with van der Waals surface area (Å²) in [6.07, 6.45) is 1.35. The van der Waals surface area contributed by atoms with E-state index in [1.807, 2.05) is 12.1 Å². The van der Waals surface area contributed by atoms with E-state index in [4.69, 9.17) is 0 Å². The summed E-state index contributed by atoms with van der Waals surface area (Å²) < 4.78 is 0. The molecule has 1 heterocycles. The van der Waals surface area contributed by atoms with Crippen LogP contribution in [-0.2, 0) is 0 Å². The minimum Gasteiger partial charge on any atom is -0.389 e. The molecule has 0 unspecified atom stereocenters. The van der Waals surface area contributed by atoms with Crippen molar-refractivity contribution in [2.75, 3.05) is 5.75 Å². The summed E-state index contributed by atoms with van der Waals surface area (Å²) >= 11 is 1.74. The zero-order chi connectivity index (χ0) is 10.6. The van der Waals surface area contributed by atoms with Crippen LogP contribution < -0.4 is 0 Å². The van der Waals surface area contributed by atoms with E-state index in [9.17, 15) is 5.11 Å². The van der Waals surface area contributed by atoms with Gasteiger partial charge in [-0.25, -0.2) is 4.98 Å². The fraction of sp³-hybridized carbons (Fsp3) is 0.545. The van der Waals surface area contributed by atoms with E-state index in [-0.39, 0.29) is 0 Å². The molecule has 0 fully saturated rings. The highest BCUT2D eigenvalue weighted by atomic mass is 32.2. The zero-order valence-electron chi connectivity index (χ0n) is 8.90. The molecule has 0 aromatic carbocycles. The van der Waals surface area contributed by atoms with Gasteiger partial charge in [0, 0.05) is 11.9 Å². The SMILES string of the molecule is CC(C)CSc1cc([C@H](C)O)ccn1. The summed E-state index contributed by atoms with van der Waals surface area (Å²) in [4.78, 5) is 4.25. The highest BCUT2D eigenvalue weighted by Crippen LogP contribution is 2.21. The number of nitrogens with zero attached hydrogens (tertiary/aromatic N) is 1. The van der Waals surface area contributed by atoms with Crippen LogP contribution in [0, 0.1) is 5.92 Å². The van der Waals surface area contributed by atoms with Gasteiger partial charge in [-0.15, -0.1) is 11.8 Å². The van der Waals surface area contributed by atoms with Gasteiger partial charge in [-0.3, -0.25) is 0 Å². The summed E-state index contributed by atoms with van der Waals surface area (Å²) in [6, 6.07) is 3.81. The van der Waals surface area contributed by atoms with Crippen LogP contribution >= 0.6 is 11.8 Å². The lowest BCUT2D eigenvalue weighted by atomic mass is 10.2. The van der Waals surface area contributed by atoms with Crippen LogP contribution in [0.1, 0.15) is 32.4 Å². The Hall–Kier alpha value is -0.540. The third kappa shape index (κ3) is 3.68. The molecule has 0 saturated carbocycles. The molecule has 0 radical (unpaired) electrons. The van der Waals surface area contributed by atoms with Gasteiger partial charge in [-0.1, -0.05) is 13.8 Å². The molecule has 14 heavy (non-hydrogen) atoms. The molecule has 0 amide bonds. The van der Waals surface area contributed by atoms with E-state index < -0.39 is 6.10 Å². The maximum atomic E-state index is 9.39. The molecule has 1 N–H and O–H groups in total. The average molecular weight is 211 g/mol. The summed E-state index contributed by atoms with van der Waals surface area (Å²) in [5, 5.41) is 10.4. The van der Waals surface area contributed by atoms with Gasteiger partial charge in [0.25, 0.3) is 0 Å². The number of aliphatic hydroxyl groups excluding tert-OH is 1. The van der Waals surface area contributed by atoms with Gasteiger partial charge in [-0.05, 0) is 30.5 Å². The van der Waals surface area contributed by atoms with Crippen LogP contribution in [0.3, 0.4) is 0 Å². The highest BCUT2D eigenvalue weighted by Gasteiger charge is 2.03. The van der Waals surface area contributed by atoms with E-state index in [1.54, 1.807) is 24.9 Å². The molecule has 1 rings (SSSR count). The standard InChI is InChI=1S/C11H17NOS/c1-8(2)7-14-11-6-10(9(3)13)4-5-12-11/h4-6,8-9,13H,7H2,1-3H3/t9-/m0/s1. The molecule has 1 atom stereocenters. The van der Waals surface area contributed by atoms with Crippen molar-refractivity contribution in [1.29, 1.82) is 0 Å². The van der Waals surface area contributed by atoms with E-state index >= 15 is 0 Å². The lowest BCUT2D eigenvalue weighted by Crippen LogP contribution is -1.95. The number of thioether (sulfide) groups is 1. The molecule has 0 aliphatic rings. The van der Waals surface area contributed by atoms with Gasteiger partial charge in [0.1, 0.15) is 0 Å². The van der Waals surface area contributed by atoms with Gasteiger partial charge in [0.2, 0.25) is 0 Å². The number of aliphatic hydroxyl groups is 1. The van der Waals surface area contributed by atoms with E-state index in [1.165, 1.54) is 0 Å². The number of hydrogen-bond donors (Lipinski definition) is 1. The summed E-state index contributed by atoms with van der Waals surface area (Å²) in [5.41, 5.74) is 0.936. The molecular weight excluding hydrogens is 194 g/mol. The predicted octanol–water partition coefficient (Wildman–Crippen LogP) is 2.88. The number of hydrogen-bond acceptors (Lipinski definition) is 3. The van der Waals surface area contributed by atoms with Gasteiger partial charge in [0.15, 0.2) is 0 Å². The summed E-state index contributed by atoms with van der Waals surface area (Å²) in [6.45, 7) is 6.14. The van der Waals surface area contributed by atoms with Crippen molar-refractivity contribution in [2.24, 2.45) is 5.92 Å². The van der Waals surface area contributed by atoms with Gasteiger partial charge in [0.05, 0.1) is 11.1 Å². The Morgan fingerprint density at radius 2 is 2.14 bits per heavy atom. The smallest absolute Gasteiger partial charge is 0.0963 e. The number of pyridine rings is 1. The van der Waals surface area contributed by atoms with Crippen LogP contribution in [0.2, 0.25) is 0 Å². The van der Waals surface area contributed by atoms with Crippen LogP contribution in [0.5, 0.6) is 0 Å². The Bertz CT molecular complexity index is 286. The summed E-state index contributed by atoms with van der Waals surface area (Å²) in [7, 11) is 0. The molecule has 3 heteroatoms. The fourth-order valence-corrected chi connectivity index (χ4v) is 1.87. The van der Waals surface area contributed by atoms with Gasteiger partial charge in [-0.2, -0.15) is 0 Å². The topological polar surface area (TPSA) is 33.1 Å². The van der Waals surface area contributed by atoms with E-state index in [2.05, 4.69) is 18.8 Å². The van der Waals surface area contributed by atoms with E-state index in [0.29, 0.717) is 5.92 Å². The number of aromatic nitrogens is 1. The Labute approximate surface area is 89.8 Å². The molecule has 1 aromatic heterocycles. The van der Waals surface area contributed by atoms with Gasteiger partial charge < -0.3 is 5.11 Å². The molecule has 0 bridgehead atoms. The first-order chi connectivity index (χ1) is 6.59. The highest BCUT2D eigenvalue weighted by molar-refractivity contribution is 7.99. The largest absolute Gasteiger partial charge is 0.389 e. The monoisotopic (exact) mass is 211 g/mol. The predicted molar refractivity (Wildman–Crippen MR) is 60.4 cm³/mol. The van der Waals surface area contributed by atoms with Crippen LogP contribution in [0.4, 0.5) is 0 Å². The van der Waals surface area contributed by atoms with Crippen molar-refractivity contribution in [1.82, 2.24) is 4.98 Å². The number of rotatable bonds is 4. The fourth-order valence-electron chi connectivity index (χ4n) is 1.02. The first-order valence-electron chi connectivity index (χ1n) is 4.86. The lowest BCUT2D eigenvalue weighted by Gasteiger charge is -2.07. The Balaban J connectivity index is 2.64. The molecule has 0 aliphatic heterocycles. The maximum absolute atomic E-state index is 9.39. The molecule has 78 valence electrons. The van der Waals surface area contributed by atoms with Crippen molar-refractivity contribution in [3.8, 4) is 0 Å². The first kappa shape index (κ1) is 11.5. The lowest BCUT2D eigenvalue weighted by molar-refractivity contribution is 0.199. The maximum Gasteiger partial charge on any atom is 0.0963 e. The minimum atomic E-state index is -0.406. The minimum absolute atomic E-state index is 0.406. The third-order valence-corrected chi connectivity index (χ3v) is 3.16. The van der Waals surface area contributed by atoms with Crippen LogP contribution in [0.15, 0.2) is 23.4 Å². The van der Waals surface area contributed by atoms with Crippen LogP contribution in [-0.4, -0.2) is 15.8 Å². The second-order valence-corrected chi connectivity index (χ2v) is 4.85. The average Bonchev–Trinajstić information content (AvgIpc) is 2.15. The van der Waals surface area contributed by atoms with Crippen molar-refractivity contribution in [3.63, 3.8) is 0 Å². The summed E-state index contributed by atoms with van der Waals surface area (Å²) in [5.74, 6) is 1.73. The molecule has 0 saturated heterocycles. The second kappa shape index (κ2) is 5.37. The second-order valence-electron chi connectivity index (χ2n) is 3.81.